The minimum Gasteiger partial charge on any atom is -0.387 e. The molecule has 1 heterocycles. The van der Waals surface area contributed by atoms with Crippen molar-refractivity contribution in [3.05, 3.63) is 17.5 Å². The van der Waals surface area contributed by atoms with Crippen molar-refractivity contribution in [3.63, 3.8) is 0 Å². The summed E-state index contributed by atoms with van der Waals surface area (Å²) < 4.78 is 1.84. The normalized spacial score (nSPS) is 13.6. The van der Waals surface area contributed by atoms with Gasteiger partial charge in [0.1, 0.15) is 0 Å². The highest BCUT2D eigenvalue weighted by Gasteiger charge is 2.17. The van der Waals surface area contributed by atoms with Gasteiger partial charge in [-0.25, -0.2) is 0 Å². The van der Waals surface area contributed by atoms with Gasteiger partial charge >= 0.3 is 0 Å². The molecule has 1 aromatic rings. The third-order valence-electron chi connectivity index (χ3n) is 2.27. The van der Waals surface area contributed by atoms with Crippen LogP contribution in [0.3, 0.4) is 0 Å². The van der Waals surface area contributed by atoms with Gasteiger partial charge in [0.25, 0.3) is 0 Å². The van der Waals surface area contributed by atoms with Crippen LogP contribution in [0.15, 0.2) is 6.20 Å². The van der Waals surface area contributed by atoms with Crippen molar-refractivity contribution in [3.8, 4) is 0 Å². The lowest BCUT2D eigenvalue weighted by Gasteiger charge is -2.09. The molecule has 0 aliphatic carbocycles. The minimum absolute atomic E-state index is 0.245. The molecule has 0 fully saturated rings. The van der Waals surface area contributed by atoms with Gasteiger partial charge in [-0.1, -0.05) is 13.8 Å². The molecule has 1 unspecified atom stereocenters. The van der Waals surface area contributed by atoms with Crippen LogP contribution >= 0.6 is 0 Å². The summed E-state index contributed by atoms with van der Waals surface area (Å²) in [5.41, 5.74) is 7.25. The number of nitrogens with zero attached hydrogens (tertiary/aromatic N) is 2. The van der Waals surface area contributed by atoms with Crippen molar-refractivity contribution in [1.82, 2.24) is 9.78 Å². The van der Waals surface area contributed by atoms with Crippen molar-refractivity contribution >= 4 is 0 Å². The highest BCUT2D eigenvalue weighted by Crippen LogP contribution is 2.22. The molecule has 4 nitrogen and oxygen atoms in total. The molecular weight excluding hydrogens is 178 g/mol. The zero-order chi connectivity index (χ0) is 10.7. The van der Waals surface area contributed by atoms with E-state index < -0.39 is 6.10 Å². The summed E-state index contributed by atoms with van der Waals surface area (Å²) in [7, 11) is 0. The van der Waals surface area contributed by atoms with Crippen LogP contribution in [0, 0.1) is 0 Å². The second-order valence-electron chi connectivity index (χ2n) is 3.73. The van der Waals surface area contributed by atoms with E-state index in [9.17, 15) is 5.11 Å². The summed E-state index contributed by atoms with van der Waals surface area (Å²) in [6.07, 6.45) is 1.29. The van der Waals surface area contributed by atoms with Crippen LogP contribution < -0.4 is 5.73 Å². The molecule has 0 bridgehead atoms. The van der Waals surface area contributed by atoms with E-state index in [1.54, 1.807) is 0 Å². The molecule has 1 rings (SSSR count). The largest absolute Gasteiger partial charge is 0.387 e. The number of hydrogen-bond donors (Lipinski definition) is 2. The molecular formula is C10H19N3O. The Labute approximate surface area is 84.7 Å². The van der Waals surface area contributed by atoms with E-state index in [0.29, 0.717) is 5.92 Å². The lowest BCUT2D eigenvalue weighted by molar-refractivity contribution is 0.185. The maximum Gasteiger partial charge on any atom is 0.0945 e. The summed E-state index contributed by atoms with van der Waals surface area (Å²) >= 11 is 0. The molecule has 14 heavy (non-hydrogen) atoms. The molecule has 3 N–H and O–H groups in total. The Bertz CT molecular complexity index is 294. The van der Waals surface area contributed by atoms with Crippen molar-refractivity contribution in [1.29, 1.82) is 0 Å². The van der Waals surface area contributed by atoms with Crippen LogP contribution in [-0.4, -0.2) is 21.4 Å². The van der Waals surface area contributed by atoms with Gasteiger partial charge in [-0.05, 0) is 12.8 Å². The van der Waals surface area contributed by atoms with Gasteiger partial charge in [-0.15, -0.1) is 0 Å². The predicted molar refractivity (Wildman–Crippen MR) is 56.0 cm³/mol. The molecule has 0 aromatic carbocycles. The first kappa shape index (κ1) is 11.2. The molecule has 80 valence electrons. The maximum absolute atomic E-state index is 9.69. The first-order chi connectivity index (χ1) is 6.60. The number of nitrogens with two attached hydrogens (primary N) is 1. The van der Waals surface area contributed by atoms with Crippen LogP contribution in [0.4, 0.5) is 0 Å². The topological polar surface area (TPSA) is 64.1 Å². The minimum atomic E-state index is -0.590. The number of aromatic nitrogens is 2. The Kier molecular flexibility index (Phi) is 3.66. The second kappa shape index (κ2) is 4.57. The van der Waals surface area contributed by atoms with Gasteiger partial charge < -0.3 is 10.8 Å². The molecule has 1 atom stereocenters. The molecule has 0 aliphatic rings. The Morgan fingerprint density at radius 2 is 2.21 bits per heavy atom. The summed E-state index contributed by atoms with van der Waals surface area (Å²) in [6, 6.07) is 0. The summed E-state index contributed by atoms with van der Waals surface area (Å²) in [5.74, 6) is 0.319. The standard InChI is InChI=1S/C10H19N3O/c1-4-13-6-8(9(14)5-11)10(12-13)7(2)3/h6-7,9,14H,4-5,11H2,1-3H3. The summed E-state index contributed by atoms with van der Waals surface area (Å²) in [6.45, 7) is 7.21. The van der Waals surface area contributed by atoms with E-state index in [4.69, 9.17) is 5.73 Å². The molecule has 0 amide bonds. The van der Waals surface area contributed by atoms with Crippen LogP contribution in [0.2, 0.25) is 0 Å². The Hall–Kier alpha value is -0.870. The highest BCUT2D eigenvalue weighted by molar-refractivity contribution is 5.23. The van der Waals surface area contributed by atoms with Crippen LogP contribution in [0.25, 0.3) is 0 Å². The number of hydrogen-bond acceptors (Lipinski definition) is 3. The first-order valence-corrected chi connectivity index (χ1v) is 5.05. The van der Waals surface area contributed by atoms with Gasteiger partial charge in [0.15, 0.2) is 0 Å². The fourth-order valence-corrected chi connectivity index (χ4v) is 1.45. The van der Waals surface area contributed by atoms with Crippen LogP contribution in [0.1, 0.15) is 44.1 Å². The monoisotopic (exact) mass is 197 g/mol. The zero-order valence-electron chi connectivity index (χ0n) is 9.07. The van der Waals surface area contributed by atoms with Crippen LogP contribution in [0.5, 0.6) is 0 Å². The fourth-order valence-electron chi connectivity index (χ4n) is 1.45. The Balaban J connectivity index is 3.05. The van der Waals surface area contributed by atoms with E-state index in [2.05, 4.69) is 18.9 Å². The average molecular weight is 197 g/mol. The number of aliphatic hydroxyl groups is 1. The summed E-state index contributed by atoms with van der Waals surface area (Å²) in [4.78, 5) is 0. The molecule has 0 saturated carbocycles. The number of rotatable bonds is 4. The van der Waals surface area contributed by atoms with Crippen molar-refractivity contribution in [2.24, 2.45) is 5.73 Å². The highest BCUT2D eigenvalue weighted by atomic mass is 16.3. The Morgan fingerprint density at radius 3 is 2.64 bits per heavy atom. The van der Waals surface area contributed by atoms with Gasteiger partial charge in [0.05, 0.1) is 11.8 Å². The van der Waals surface area contributed by atoms with E-state index in [1.807, 2.05) is 17.8 Å². The lowest BCUT2D eigenvalue weighted by atomic mass is 10.0. The van der Waals surface area contributed by atoms with Crippen molar-refractivity contribution < 1.29 is 5.11 Å². The lowest BCUT2D eigenvalue weighted by Crippen LogP contribution is -2.12. The predicted octanol–water partition coefficient (Wildman–Crippen LogP) is 1.02. The third-order valence-corrected chi connectivity index (χ3v) is 2.27. The smallest absolute Gasteiger partial charge is 0.0945 e. The molecule has 0 aliphatic heterocycles. The van der Waals surface area contributed by atoms with Gasteiger partial charge in [-0.3, -0.25) is 4.68 Å². The number of aliphatic hydroxyl groups excluding tert-OH is 1. The summed E-state index contributed by atoms with van der Waals surface area (Å²) in [5, 5.41) is 14.1. The van der Waals surface area contributed by atoms with Gasteiger partial charge in [-0.2, -0.15) is 5.10 Å². The van der Waals surface area contributed by atoms with E-state index in [-0.39, 0.29) is 6.54 Å². The number of aryl methyl sites for hydroxylation is 1. The third kappa shape index (κ3) is 2.13. The van der Waals surface area contributed by atoms with Gasteiger partial charge in [0, 0.05) is 24.8 Å². The first-order valence-electron chi connectivity index (χ1n) is 5.05. The van der Waals surface area contributed by atoms with E-state index in [1.165, 1.54) is 0 Å². The molecule has 0 spiro atoms. The quantitative estimate of drug-likeness (QED) is 0.757. The van der Waals surface area contributed by atoms with Crippen molar-refractivity contribution in [2.45, 2.75) is 39.3 Å². The average Bonchev–Trinajstić information content (AvgIpc) is 2.60. The van der Waals surface area contributed by atoms with Crippen LogP contribution in [-0.2, 0) is 6.54 Å². The Morgan fingerprint density at radius 1 is 1.57 bits per heavy atom. The van der Waals surface area contributed by atoms with E-state index >= 15 is 0 Å². The SMILES string of the molecule is CCn1cc(C(O)CN)c(C(C)C)n1. The molecule has 4 heteroatoms. The van der Waals surface area contributed by atoms with Crippen molar-refractivity contribution in [2.75, 3.05) is 6.54 Å². The molecule has 1 aromatic heterocycles. The van der Waals surface area contributed by atoms with Gasteiger partial charge in [0.2, 0.25) is 0 Å². The molecule has 0 radical (unpaired) electrons. The van der Waals surface area contributed by atoms with E-state index in [0.717, 1.165) is 17.8 Å². The second-order valence-corrected chi connectivity index (χ2v) is 3.73. The maximum atomic E-state index is 9.69. The molecule has 0 saturated heterocycles. The zero-order valence-corrected chi connectivity index (χ0v) is 9.07. The fraction of sp³-hybridized carbons (Fsp3) is 0.700.